The van der Waals surface area contributed by atoms with E-state index in [-0.39, 0.29) is 18.7 Å². The Morgan fingerprint density at radius 1 is 1.23 bits per heavy atom. The summed E-state index contributed by atoms with van der Waals surface area (Å²) in [7, 11) is 1.49. The van der Waals surface area contributed by atoms with Gasteiger partial charge in [0.15, 0.2) is 17.5 Å². The zero-order valence-electron chi connectivity index (χ0n) is 16.3. The van der Waals surface area contributed by atoms with Gasteiger partial charge in [-0.1, -0.05) is 30.3 Å². The maximum atomic E-state index is 13.5. The molecule has 1 aliphatic rings. The third kappa shape index (κ3) is 3.89. The Morgan fingerprint density at radius 2 is 1.90 bits per heavy atom. The predicted molar refractivity (Wildman–Crippen MR) is 106 cm³/mol. The van der Waals surface area contributed by atoms with Gasteiger partial charge in [-0.3, -0.25) is 9.59 Å². The molecule has 1 aliphatic heterocycles. The number of halogens is 3. The molecule has 0 unspecified atom stereocenters. The molecule has 0 fully saturated rings. The summed E-state index contributed by atoms with van der Waals surface area (Å²) in [5, 5.41) is 9.51. The molecule has 31 heavy (non-hydrogen) atoms. The summed E-state index contributed by atoms with van der Waals surface area (Å²) in [6, 6.07) is 9.38. The second-order valence-electron chi connectivity index (χ2n) is 6.93. The maximum Gasteiger partial charge on any atom is 0.249 e. The summed E-state index contributed by atoms with van der Waals surface area (Å²) in [6.07, 6.45) is -0.243. The van der Waals surface area contributed by atoms with E-state index < -0.39 is 35.3 Å². The van der Waals surface area contributed by atoms with Crippen LogP contribution < -0.4 is 10.6 Å². The second-order valence-corrected chi connectivity index (χ2v) is 6.93. The number of fused-ring (bicyclic) bond motifs is 1. The normalized spacial score (nSPS) is 15.4. The topological polar surface area (TPSA) is 85.2 Å². The van der Waals surface area contributed by atoms with Crippen molar-refractivity contribution in [3.63, 3.8) is 0 Å². The summed E-state index contributed by atoms with van der Waals surface area (Å²) in [5.74, 6) is -5.36. The third-order valence-electron chi connectivity index (χ3n) is 4.81. The second kappa shape index (κ2) is 8.23. The first-order valence-electron chi connectivity index (χ1n) is 9.30. The van der Waals surface area contributed by atoms with Gasteiger partial charge in [-0.25, -0.2) is 17.9 Å². The van der Waals surface area contributed by atoms with Crippen molar-refractivity contribution in [3.8, 4) is 11.1 Å². The summed E-state index contributed by atoms with van der Waals surface area (Å²) in [5.41, 5.74) is 1.59. The average molecular weight is 430 g/mol. The average Bonchev–Trinajstić information content (AvgIpc) is 3.09. The fraction of sp³-hybridized carbons (Fsp3) is 0.190. The molecule has 1 aromatic heterocycles. The first-order chi connectivity index (χ1) is 14.9. The van der Waals surface area contributed by atoms with Crippen LogP contribution in [0.5, 0.6) is 0 Å². The first-order valence-corrected chi connectivity index (χ1v) is 9.30. The molecule has 3 aromatic rings. The summed E-state index contributed by atoms with van der Waals surface area (Å²) in [4.78, 5) is 25.2. The van der Waals surface area contributed by atoms with Gasteiger partial charge < -0.3 is 15.4 Å². The Bertz CT molecular complexity index is 1140. The van der Waals surface area contributed by atoms with Gasteiger partial charge in [0.2, 0.25) is 11.8 Å². The number of carbonyl (C=O) groups is 2. The number of nitrogens with one attached hydrogen (secondary N) is 2. The zero-order chi connectivity index (χ0) is 22.1. The molecule has 10 heteroatoms. The van der Waals surface area contributed by atoms with Gasteiger partial charge in [0, 0.05) is 30.5 Å². The molecule has 2 N–H and O–H groups in total. The van der Waals surface area contributed by atoms with Crippen LogP contribution in [0.4, 0.5) is 24.7 Å². The number of hydrogen-bond donors (Lipinski definition) is 2. The fourth-order valence-electron chi connectivity index (χ4n) is 3.47. The largest absolute Gasteiger partial charge is 0.378 e. The van der Waals surface area contributed by atoms with Crippen LogP contribution in [0.2, 0.25) is 0 Å². The Balaban J connectivity index is 1.74. The standard InChI is InChI=1S/C21H17F3N4O3/c1-31-10-15-18(11-5-3-2-4-6-11)20-26-17(29)9-16(28(20)27-15)21(30)25-12-7-13(22)19(24)14(23)8-12/h2-8,16H,9-10H2,1H3,(H,25,30)(H,26,29)/t16-/m1/s1. The van der Waals surface area contributed by atoms with Crippen LogP contribution in [0, 0.1) is 17.5 Å². The van der Waals surface area contributed by atoms with Gasteiger partial charge in [0.05, 0.1) is 18.7 Å². The number of hydrogen-bond acceptors (Lipinski definition) is 4. The van der Waals surface area contributed by atoms with E-state index >= 15 is 0 Å². The molecule has 0 saturated carbocycles. The molecule has 2 aromatic carbocycles. The van der Waals surface area contributed by atoms with Crippen molar-refractivity contribution in [3.05, 3.63) is 65.6 Å². The lowest BCUT2D eigenvalue weighted by atomic mass is 10.0. The number of amides is 2. The van der Waals surface area contributed by atoms with Crippen LogP contribution in [0.3, 0.4) is 0 Å². The van der Waals surface area contributed by atoms with Crippen molar-refractivity contribution in [2.45, 2.75) is 19.1 Å². The van der Waals surface area contributed by atoms with Crippen LogP contribution in [0.25, 0.3) is 11.1 Å². The molecule has 4 rings (SSSR count). The molecule has 1 atom stereocenters. The molecule has 0 bridgehead atoms. The molecule has 2 heterocycles. The summed E-state index contributed by atoms with van der Waals surface area (Å²) >= 11 is 0. The highest BCUT2D eigenvalue weighted by atomic mass is 19.2. The van der Waals surface area contributed by atoms with Crippen LogP contribution in [0.1, 0.15) is 18.2 Å². The molecule has 0 aliphatic carbocycles. The van der Waals surface area contributed by atoms with Crippen molar-refractivity contribution in [1.82, 2.24) is 9.78 Å². The molecule has 2 amide bonds. The van der Waals surface area contributed by atoms with Gasteiger partial charge in [-0.2, -0.15) is 5.10 Å². The van der Waals surface area contributed by atoms with Gasteiger partial charge in [0.1, 0.15) is 11.9 Å². The number of ether oxygens (including phenoxy) is 1. The molecule has 0 radical (unpaired) electrons. The third-order valence-corrected chi connectivity index (χ3v) is 4.81. The Morgan fingerprint density at radius 3 is 2.55 bits per heavy atom. The summed E-state index contributed by atoms with van der Waals surface area (Å²) < 4.78 is 46.8. The van der Waals surface area contributed by atoms with Crippen LogP contribution >= 0.6 is 0 Å². The molecule has 0 saturated heterocycles. The molecule has 0 spiro atoms. The fourth-order valence-corrected chi connectivity index (χ4v) is 3.47. The maximum absolute atomic E-state index is 13.5. The Hall–Kier alpha value is -3.66. The van der Waals surface area contributed by atoms with E-state index in [0.29, 0.717) is 29.2 Å². The van der Waals surface area contributed by atoms with Crippen molar-refractivity contribution < 1.29 is 27.5 Å². The number of rotatable bonds is 5. The van der Waals surface area contributed by atoms with Crippen molar-refractivity contribution >= 4 is 23.3 Å². The highest BCUT2D eigenvalue weighted by Gasteiger charge is 2.35. The lowest BCUT2D eigenvalue weighted by Gasteiger charge is -2.24. The van der Waals surface area contributed by atoms with E-state index in [0.717, 1.165) is 5.56 Å². The highest BCUT2D eigenvalue weighted by molar-refractivity contribution is 6.03. The van der Waals surface area contributed by atoms with Crippen molar-refractivity contribution in [2.75, 3.05) is 17.7 Å². The smallest absolute Gasteiger partial charge is 0.249 e. The minimum Gasteiger partial charge on any atom is -0.378 e. The van der Waals surface area contributed by atoms with Crippen LogP contribution in [-0.2, 0) is 20.9 Å². The first kappa shape index (κ1) is 20.6. The lowest BCUT2D eigenvalue weighted by Crippen LogP contribution is -2.36. The van der Waals surface area contributed by atoms with E-state index in [1.807, 2.05) is 30.3 Å². The predicted octanol–water partition coefficient (Wildman–Crippen LogP) is 3.64. The van der Waals surface area contributed by atoms with E-state index in [9.17, 15) is 22.8 Å². The van der Waals surface area contributed by atoms with Gasteiger partial charge in [-0.15, -0.1) is 0 Å². The minimum absolute atomic E-state index is 0.128. The van der Waals surface area contributed by atoms with Crippen molar-refractivity contribution in [2.24, 2.45) is 0 Å². The number of methoxy groups -OCH3 is 1. The molecule has 7 nitrogen and oxygen atoms in total. The Labute approximate surface area is 174 Å². The van der Waals surface area contributed by atoms with E-state index in [2.05, 4.69) is 15.7 Å². The number of nitrogens with zero attached hydrogens (tertiary/aromatic N) is 2. The van der Waals surface area contributed by atoms with Crippen molar-refractivity contribution in [1.29, 1.82) is 0 Å². The monoisotopic (exact) mass is 430 g/mol. The minimum atomic E-state index is -1.64. The number of carbonyl (C=O) groups excluding carboxylic acids is 2. The van der Waals surface area contributed by atoms with Crippen LogP contribution in [-0.4, -0.2) is 28.7 Å². The molecule has 160 valence electrons. The summed E-state index contributed by atoms with van der Waals surface area (Å²) in [6.45, 7) is 0.128. The number of anilines is 2. The van der Waals surface area contributed by atoms with E-state index in [1.54, 1.807) is 0 Å². The molecular formula is C21H17F3N4O3. The SMILES string of the molecule is COCc1nn2c(c1-c1ccccc1)NC(=O)C[C@@H]2C(=O)Nc1cc(F)c(F)c(F)c1. The van der Waals surface area contributed by atoms with E-state index in [1.165, 1.54) is 11.8 Å². The number of benzene rings is 2. The van der Waals surface area contributed by atoms with E-state index in [4.69, 9.17) is 4.74 Å². The zero-order valence-corrected chi connectivity index (χ0v) is 16.3. The quantitative estimate of drug-likeness (QED) is 0.606. The van der Waals surface area contributed by atoms with Gasteiger partial charge in [0.25, 0.3) is 0 Å². The molecular weight excluding hydrogens is 413 g/mol. The lowest BCUT2D eigenvalue weighted by molar-refractivity contribution is -0.125. The van der Waals surface area contributed by atoms with Gasteiger partial charge >= 0.3 is 0 Å². The Kier molecular flexibility index (Phi) is 5.47. The van der Waals surface area contributed by atoms with Crippen LogP contribution in [0.15, 0.2) is 42.5 Å². The van der Waals surface area contributed by atoms with Gasteiger partial charge in [-0.05, 0) is 5.56 Å². The highest BCUT2D eigenvalue weighted by Crippen LogP contribution is 2.37. The number of aromatic nitrogens is 2.